The number of halogens is 3. The number of carbonyl (C=O) groups is 1. The highest BCUT2D eigenvalue weighted by Gasteiger charge is 2.33. The van der Waals surface area contributed by atoms with E-state index >= 15 is 0 Å². The van der Waals surface area contributed by atoms with Crippen LogP contribution in [0.1, 0.15) is 21.6 Å². The van der Waals surface area contributed by atoms with Crippen LogP contribution in [0.5, 0.6) is 0 Å². The zero-order valence-corrected chi connectivity index (χ0v) is 14.0. The minimum absolute atomic E-state index is 0.0152. The predicted octanol–water partition coefficient (Wildman–Crippen LogP) is 4.36. The predicted molar refractivity (Wildman–Crippen MR) is 95.2 cm³/mol. The van der Waals surface area contributed by atoms with Crippen molar-refractivity contribution in [3.05, 3.63) is 83.9 Å². The number of carbonyl (C=O) groups excluding carboxylic acids is 1. The van der Waals surface area contributed by atoms with Crippen molar-refractivity contribution >= 4 is 17.3 Å². The molecule has 1 amide bonds. The van der Waals surface area contributed by atoms with Crippen LogP contribution in [0.3, 0.4) is 0 Å². The molecule has 0 aliphatic rings. The van der Waals surface area contributed by atoms with Gasteiger partial charge in [0.05, 0.1) is 23.1 Å². The summed E-state index contributed by atoms with van der Waals surface area (Å²) in [5.41, 5.74) is 0.502. The van der Waals surface area contributed by atoms with Crippen molar-refractivity contribution in [3.63, 3.8) is 0 Å². The summed E-state index contributed by atoms with van der Waals surface area (Å²) in [5.74, 6) is -0.715. The topological polar surface area (TPSA) is 66.9 Å². The van der Waals surface area contributed by atoms with Crippen LogP contribution in [0.2, 0.25) is 0 Å². The Bertz CT molecular complexity index is 912. The van der Waals surface area contributed by atoms with E-state index in [1.54, 1.807) is 18.5 Å². The molecule has 2 N–H and O–H groups in total. The third-order valence-electron chi connectivity index (χ3n) is 3.72. The van der Waals surface area contributed by atoms with Crippen LogP contribution in [0, 0.1) is 0 Å². The lowest BCUT2D eigenvalue weighted by Gasteiger charge is -2.13. The maximum Gasteiger partial charge on any atom is 0.418 e. The van der Waals surface area contributed by atoms with Gasteiger partial charge >= 0.3 is 6.18 Å². The van der Waals surface area contributed by atoms with Gasteiger partial charge in [-0.2, -0.15) is 13.2 Å². The molecule has 0 aliphatic carbocycles. The molecule has 0 saturated heterocycles. The number of benzene rings is 1. The number of aromatic nitrogens is 2. The Morgan fingerprint density at radius 1 is 1.00 bits per heavy atom. The number of amides is 1. The quantitative estimate of drug-likeness (QED) is 0.698. The Balaban J connectivity index is 1.66. The van der Waals surface area contributed by atoms with Crippen LogP contribution in [-0.4, -0.2) is 15.9 Å². The Hall–Kier alpha value is -3.42. The lowest BCUT2D eigenvalue weighted by atomic mass is 10.1. The van der Waals surface area contributed by atoms with E-state index in [-0.39, 0.29) is 11.4 Å². The van der Waals surface area contributed by atoms with Crippen molar-refractivity contribution in [1.29, 1.82) is 0 Å². The summed E-state index contributed by atoms with van der Waals surface area (Å²) in [4.78, 5) is 20.2. The number of rotatable bonds is 5. The molecule has 5 nitrogen and oxygen atoms in total. The van der Waals surface area contributed by atoms with Crippen LogP contribution >= 0.6 is 0 Å². The molecule has 0 bridgehead atoms. The third-order valence-corrected chi connectivity index (χ3v) is 3.72. The number of pyridine rings is 2. The van der Waals surface area contributed by atoms with Gasteiger partial charge in [0.25, 0.3) is 5.91 Å². The van der Waals surface area contributed by atoms with Gasteiger partial charge in [0, 0.05) is 18.9 Å². The summed E-state index contributed by atoms with van der Waals surface area (Å²) in [7, 11) is 0. The van der Waals surface area contributed by atoms with E-state index in [0.29, 0.717) is 12.2 Å². The van der Waals surface area contributed by atoms with Gasteiger partial charge in [-0.1, -0.05) is 12.1 Å². The minimum Gasteiger partial charge on any atom is -0.380 e. The number of anilines is 2. The maximum atomic E-state index is 13.0. The SMILES string of the molecule is O=C(Nc1ccccc1C(F)(F)F)c1ccc(NCc2ccncc2)cn1. The second-order valence-corrected chi connectivity index (χ2v) is 5.64. The minimum atomic E-state index is -4.56. The second-order valence-electron chi connectivity index (χ2n) is 5.64. The maximum absolute atomic E-state index is 13.0. The smallest absolute Gasteiger partial charge is 0.380 e. The van der Waals surface area contributed by atoms with Crippen LogP contribution in [0.4, 0.5) is 24.5 Å². The fourth-order valence-corrected chi connectivity index (χ4v) is 2.36. The zero-order valence-electron chi connectivity index (χ0n) is 14.0. The first-order valence-electron chi connectivity index (χ1n) is 8.00. The average Bonchev–Trinajstić information content (AvgIpc) is 2.67. The van der Waals surface area contributed by atoms with Gasteiger partial charge < -0.3 is 10.6 Å². The van der Waals surface area contributed by atoms with Gasteiger partial charge in [-0.3, -0.25) is 9.78 Å². The van der Waals surface area contributed by atoms with Crippen molar-refractivity contribution < 1.29 is 18.0 Å². The average molecular weight is 372 g/mol. The second kappa shape index (κ2) is 7.86. The van der Waals surface area contributed by atoms with Crippen molar-refractivity contribution in [1.82, 2.24) is 9.97 Å². The summed E-state index contributed by atoms with van der Waals surface area (Å²) in [6.07, 6.45) is 0.257. The molecular weight excluding hydrogens is 357 g/mol. The molecule has 2 aromatic heterocycles. The van der Waals surface area contributed by atoms with Gasteiger partial charge in [-0.05, 0) is 42.0 Å². The van der Waals surface area contributed by atoms with Gasteiger partial charge in [0.2, 0.25) is 0 Å². The standard InChI is InChI=1S/C19H15F3N4O/c20-19(21,22)15-3-1-2-4-16(15)26-18(27)17-6-5-14(12-25-17)24-11-13-7-9-23-10-8-13/h1-10,12,24H,11H2,(H,26,27). The number of hydrogen-bond donors (Lipinski definition) is 2. The molecule has 1 aromatic carbocycles. The lowest BCUT2D eigenvalue weighted by molar-refractivity contribution is -0.136. The molecule has 2 heterocycles. The highest BCUT2D eigenvalue weighted by Crippen LogP contribution is 2.34. The number of alkyl halides is 3. The number of nitrogens with one attached hydrogen (secondary N) is 2. The van der Waals surface area contributed by atoms with Crippen molar-refractivity contribution in [2.75, 3.05) is 10.6 Å². The summed E-state index contributed by atoms with van der Waals surface area (Å²) < 4.78 is 39.0. The number of para-hydroxylation sites is 1. The third kappa shape index (κ3) is 4.81. The molecule has 0 unspecified atom stereocenters. The molecule has 0 aliphatic heterocycles. The van der Waals surface area contributed by atoms with Crippen LogP contribution < -0.4 is 10.6 Å². The van der Waals surface area contributed by atoms with Gasteiger partial charge in [0.15, 0.2) is 0 Å². The van der Waals surface area contributed by atoms with E-state index in [1.165, 1.54) is 30.5 Å². The van der Waals surface area contributed by atoms with Crippen LogP contribution in [0.25, 0.3) is 0 Å². The highest BCUT2D eigenvalue weighted by atomic mass is 19.4. The van der Waals surface area contributed by atoms with E-state index in [9.17, 15) is 18.0 Å². The summed E-state index contributed by atoms with van der Waals surface area (Å²) >= 11 is 0. The summed E-state index contributed by atoms with van der Waals surface area (Å²) in [6.45, 7) is 0.550. The van der Waals surface area contributed by atoms with E-state index in [2.05, 4.69) is 20.6 Å². The van der Waals surface area contributed by atoms with E-state index in [4.69, 9.17) is 0 Å². The lowest BCUT2D eigenvalue weighted by Crippen LogP contribution is -2.17. The van der Waals surface area contributed by atoms with Gasteiger partial charge in [-0.15, -0.1) is 0 Å². The highest BCUT2D eigenvalue weighted by molar-refractivity contribution is 6.03. The van der Waals surface area contributed by atoms with Gasteiger partial charge in [0.1, 0.15) is 5.69 Å². The largest absolute Gasteiger partial charge is 0.418 e. The molecule has 0 radical (unpaired) electrons. The Kier molecular flexibility index (Phi) is 5.35. The first-order valence-corrected chi connectivity index (χ1v) is 8.00. The molecule has 27 heavy (non-hydrogen) atoms. The Labute approximate surface area is 153 Å². The van der Waals surface area contributed by atoms with E-state index in [1.807, 2.05) is 12.1 Å². The Morgan fingerprint density at radius 2 is 1.74 bits per heavy atom. The monoisotopic (exact) mass is 372 g/mol. The fraction of sp³-hybridized carbons (Fsp3) is 0.105. The molecule has 3 aromatic rings. The first kappa shape index (κ1) is 18.4. The first-order chi connectivity index (χ1) is 12.9. The summed E-state index contributed by atoms with van der Waals surface area (Å²) in [5, 5.41) is 5.40. The normalized spacial score (nSPS) is 11.1. The zero-order chi connectivity index (χ0) is 19.3. The van der Waals surface area contributed by atoms with Gasteiger partial charge in [-0.25, -0.2) is 4.98 Å². The molecule has 8 heteroatoms. The molecule has 138 valence electrons. The summed E-state index contributed by atoms with van der Waals surface area (Å²) in [6, 6.07) is 11.6. The molecule has 3 rings (SSSR count). The van der Waals surface area contributed by atoms with Crippen molar-refractivity contribution in [3.8, 4) is 0 Å². The van der Waals surface area contributed by atoms with Crippen molar-refractivity contribution in [2.45, 2.75) is 12.7 Å². The van der Waals surface area contributed by atoms with Crippen LogP contribution in [-0.2, 0) is 12.7 Å². The van der Waals surface area contributed by atoms with Crippen molar-refractivity contribution in [2.24, 2.45) is 0 Å². The van der Waals surface area contributed by atoms with E-state index < -0.39 is 17.6 Å². The molecule has 0 atom stereocenters. The van der Waals surface area contributed by atoms with E-state index in [0.717, 1.165) is 11.6 Å². The number of hydrogen-bond acceptors (Lipinski definition) is 4. The van der Waals surface area contributed by atoms with Crippen LogP contribution in [0.15, 0.2) is 67.1 Å². The Morgan fingerprint density at radius 3 is 2.41 bits per heavy atom. The molecule has 0 spiro atoms. The molecule has 0 saturated carbocycles. The molecule has 0 fully saturated rings. The fourth-order valence-electron chi connectivity index (χ4n) is 2.36. The number of nitrogens with zero attached hydrogens (tertiary/aromatic N) is 2. The molecular formula is C19H15F3N4O.